The fourth-order valence-corrected chi connectivity index (χ4v) is 2.06. The zero-order valence-electron chi connectivity index (χ0n) is 8.89. The van der Waals surface area contributed by atoms with E-state index in [4.69, 9.17) is 9.47 Å². The summed E-state index contributed by atoms with van der Waals surface area (Å²) in [6.07, 6.45) is 0. The maximum atomic E-state index is 5.29. The average Bonchev–Trinajstić information content (AvgIpc) is 2.13. The average molecular weight is 196 g/mol. The van der Waals surface area contributed by atoms with Gasteiger partial charge in [-0.05, 0) is 31.0 Å². The number of hydrogen-bond donors (Lipinski definition) is 0. The van der Waals surface area contributed by atoms with Crippen molar-refractivity contribution in [2.45, 2.75) is 13.8 Å². The van der Waals surface area contributed by atoms with Crippen molar-refractivity contribution in [2.75, 3.05) is 14.2 Å². The summed E-state index contributed by atoms with van der Waals surface area (Å²) < 4.78 is 10.5. The normalized spacial score (nSPS) is 10.2. The van der Waals surface area contributed by atoms with Crippen LogP contribution >= 0.6 is 0 Å². The van der Waals surface area contributed by atoms with Crippen LogP contribution < -0.4 is 14.7 Å². The molecule has 1 aromatic carbocycles. The summed E-state index contributed by atoms with van der Waals surface area (Å²) in [5.74, 6) is 1.70. The Morgan fingerprint density at radius 2 is 1.69 bits per heavy atom. The van der Waals surface area contributed by atoms with Crippen molar-refractivity contribution in [3.05, 3.63) is 17.2 Å². The largest absolute Gasteiger partial charge is 0.493 e. The summed E-state index contributed by atoms with van der Waals surface area (Å²) in [7, 11) is 4.39. The monoisotopic (exact) mass is 196 g/mol. The second kappa shape index (κ2) is 3.83. The third-order valence-corrected chi connectivity index (χ3v) is 3.53. The molecule has 3 heteroatoms. The van der Waals surface area contributed by atoms with Crippen LogP contribution in [0.5, 0.6) is 11.5 Å². The molecule has 0 bridgehead atoms. The molecule has 0 unspecified atom stereocenters. The molecule has 1 rings (SSSR count). The molecule has 0 spiro atoms. The van der Waals surface area contributed by atoms with E-state index in [1.54, 1.807) is 14.2 Å². The van der Waals surface area contributed by atoms with Crippen LogP contribution in [0, 0.1) is 13.8 Å². The minimum atomic E-state index is 0.843. The smallest absolute Gasteiger partial charge is 0.163 e. The van der Waals surface area contributed by atoms with E-state index in [0.717, 1.165) is 21.7 Å². The van der Waals surface area contributed by atoms with Gasteiger partial charge < -0.3 is 9.47 Å². The van der Waals surface area contributed by atoms with Gasteiger partial charge in [-0.3, -0.25) is 0 Å². The lowest BCUT2D eigenvalue weighted by atomic mass is 10.1. The van der Waals surface area contributed by atoms with E-state index in [1.807, 2.05) is 0 Å². The van der Waals surface area contributed by atoms with Gasteiger partial charge in [0, 0.05) is 10.2 Å². The van der Waals surface area contributed by atoms with E-state index >= 15 is 0 Å². The van der Waals surface area contributed by atoms with Gasteiger partial charge in [-0.2, -0.15) is 0 Å². The van der Waals surface area contributed by atoms with E-state index in [2.05, 4.69) is 19.9 Å². The van der Waals surface area contributed by atoms with Crippen molar-refractivity contribution in [2.24, 2.45) is 0 Å². The van der Waals surface area contributed by atoms with Crippen molar-refractivity contribution >= 4 is 15.4 Å². The molecule has 0 aliphatic rings. The van der Waals surface area contributed by atoms with Crippen molar-refractivity contribution in [3.63, 3.8) is 0 Å². The Morgan fingerprint density at radius 3 is 2.15 bits per heavy atom. The van der Waals surface area contributed by atoms with Gasteiger partial charge in [-0.1, -0.05) is 5.19 Å². The lowest BCUT2D eigenvalue weighted by molar-refractivity contribution is 0.353. The number of ether oxygens (including phenoxy) is 2. The van der Waals surface area contributed by atoms with E-state index in [9.17, 15) is 0 Å². The Bertz CT molecular complexity index is 321. The summed E-state index contributed by atoms with van der Waals surface area (Å²) in [6.45, 7) is 4.19. The van der Waals surface area contributed by atoms with E-state index in [-0.39, 0.29) is 0 Å². The highest BCUT2D eigenvalue weighted by Gasteiger charge is 2.10. The standard InChI is InChI=1S/C10H16O2Si/c1-6-7(2)10(12-4)8(11-3)5-9(6)13/h5H,1-4,13H3. The molecule has 0 aliphatic heterocycles. The molecule has 0 heterocycles. The highest BCUT2D eigenvalue weighted by molar-refractivity contribution is 6.33. The first-order valence-electron chi connectivity index (χ1n) is 4.30. The third-order valence-electron chi connectivity index (χ3n) is 2.49. The highest BCUT2D eigenvalue weighted by atomic mass is 28.1. The molecule has 0 fully saturated rings. The number of methoxy groups -OCH3 is 2. The Labute approximate surface area is 82.3 Å². The van der Waals surface area contributed by atoms with Gasteiger partial charge in [0.25, 0.3) is 0 Å². The zero-order valence-corrected chi connectivity index (χ0v) is 10.9. The Balaban J connectivity index is 3.39. The maximum absolute atomic E-state index is 5.29. The van der Waals surface area contributed by atoms with Crippen molar-refractivity contribution in [1.82, 2.24) is 0 Å². The summed E-state index contributed by atoms with van der Waals surface area (Å²) in [4.78, 5) is 0. The lowest BCUT2D eigenvalue weighted by Gasteiger charge is -2.14. The van der Waals surface area contributed by atoms with Gasteiger partial charge in [0.05, 0.1) is 14.2 Å². The molecule has 72 valence electrons. The first-order valence-corrected chi connectivity index (χ1v) is 5.30. The second-order valence-electron chi connectivity index (χ2n) is 3.18. The molecule has 0 radical (unpaired) electrons. The van der Waals surface area contributed by atoms with Gasteiger partial charge in [-0.15, -0.1) is 0 Å². The topological polar surface area (TPSA) is 18.5 Å². The third kappa shape index (κ3) is 1.70. The molecule has 0 saturated carbocycles. The predicted molar refractivity (Wildman–Crippen MR) is 58.6 cm³/mol. The first-order chi connectivity index (χ1) is 6.11. The van der Waals surface area contributed by atoms with Gasteiger partial charge in [0.15, 0.2) is 11.5 Å². The SMILES string of the molecule is COc1cc([SiH3])c(C)c(C)c1OC. The second-order valence-corrected chi connectivity index (χ2v) is 4.26. The molecule has 0 saturated heterocycles. The van der Waals surface area contributed by atoms with Gasteiger partial charge >= 0.3 is 0 Å². The minimum Gasteiger partial charge on any atom is -0.493 e. The molecule has 0 N–H and O–H groups in total. The zero-order chi connectivity index (χ0) is 10.0. The molecule has 0 aromatic heterocycles. The molecular weight excluding hydrogens is 180 g/mol. The van der Waals surface area contributed by atoms with Crippen LogP contribution in [0.1, 0.15) is 11.1 Å². The fraction of sp³-hybridized carbons (Fsp3) is 0.400. The van der Waals surface area contributed by atoms with Crippen LogP contribution in [0.2, 0.25) is 0 Å². The molecule has 2 nitrogen and oxygen atoms in total. The predicted octanol–water partition coefficient (Wildman–Crippen LogP) is 0.311. The summed E-state index contributed by atoms with van der Waals surface area (Å²) in [5, 5.41) is 1.37. The van der Waals surface area contributed by atoms with Crippen molar-refractivity contribution < 1.29 is 9.47 Å². The molecular formula is C10H16O2Si. The Morgan fingerprint density at radius 1 is 1.08 bits per heavy atom. The number of rotatable bonds is 2. The number of hydrogen-bond acceptors (Lipinski definition) is 2. The van der Waals surface area contributed by atoms with Crippen molar-refractivity contribution in [1.29, 1.82) is 0 Å². The van der Waals surface area contributed by atoms with Crippen LogP contribution in [-0.4, -0.2) is 24.5 Å². The van der Waals surface area contributed by atoms with E-state index < -0.39 is 0 Å². The molecule has 0 aliphatic carbocycles. The Hall–Kier alpha value is -0.963. The first kappa shape index (κ1) is 10.1. The molecule has 0 atom stereocenters. The quantitative estimate of drug-likeness (QED) is 0.634. The van der Waals surface area contributed by atoms with Crippen LogP contribution in [0.25, 0.3) is 0 Å². The molecule has 1 aromatic rings. The minimum absolute atomic E-state index is 0.843. The lowest BCUT2D eigenvalue weighted by Crippen LogP contribution is -2.11. The van der Waals surface area contributed by atoms with E-state index in [1.165, 1.54) is 16.3 Å². The van der Waals surface area contributed by atoms with Crippen LogP contribution in [-0.2, 0) is 0 Å². The Kier molecular flexibility index (Phi) is 2.98. The van der Waals surface area contributed by atoms with Crippen LogP contribution in [0.15, 0.2) is 6.07 Å². The maximum Gasteiger partial charge on any atom is 0.163 e. The van der Waals surface area contributed by atoms with Crippen LogP contribution in [0.3, 0.4) is 0 Å². The van der Waals surface area contributed by atoms with Gasteiger partial charge in [0.2, 0.25) is 0 Å². The molecule has 0 amide bonds. The van der Waals surface area contributed by atoms with Crippen LogP contribution in [0.4, 0.5) is 0 Å². The summed E-state index contributed by atoms with van der Waals surface area (Å²) in [5.41, 5.74) is 2.51. The molecule has 13 heavy (non-hydrogen) atoms. The number of benzene rings is 1. The van der Waals surface area contributed by atoms with Gasteiger partial charge in [-0.25, -0.2) is 0 Å². The van der Waals surface area contributed by atoms with E-state index in [0.29, 0.717) is 0 Å². The summed E-state index contributed by atoms with van der Waals surface area (Å²) >= 11 is 0. The van der Waals surface area contributed by atoms with Gasteiger partial charge in [0.1, 0.15) is 0 Å². The van der Waals surface area contributed by atoms with Crippen molar-refractivity contribution in [3.8, 4) is 11.5 Å². The fourth-order valence-electron chi connectivity index (χ4n) is 1.43. The summed E-state index contributed by atoms with van der Waals surface area (Å²) in [6, 6.07) is 2.06. The highest BCUT2D eigenvalue weighted by Crippen LogP contribution is 2.30.